The Hall–Kier alpha value is -1.17. The van der Waals surface area contributed by atoms with Crippen LogP contribution in [0.2, 0.25) is 0 Å². The van der Waals surface area contributed by atoms with Gasteiger partial charge in [-0.3, -0.25) is 10.00 Å². The van der Waals surface area contributed by atoms with Gasteiger partial charge in [0.1, 0.15) is 0 Å². The lowest BCUT2D eigenvalue weighted by Gasteiger charge is -2.56. The highest BCUT2D eigenvalue weighted by atomic mass is 16.5. The van der Waals surface area contributed by atoms with Crippen LogP contribution in [0.4, 0.5) is 0 Å². The first-order chi connectivity index (χ1) is 14.5. The molecule has 30 heavy (non-hydrogen) atoms. The number of aromatic nitrogens is 2. The predicted molar refractivity (Wildman–Crippen MR) is 120 cm³/mol. The van der Waals surface area contributed by atoms with Crippen molar-refractivity contribution in [2.24, 2.45) is 28.6 Å². The molecule has 0 amide bonds. The van der Waals surface area contributed by atoms with E-state index in [0.29, 0.717) is 23.3 Å². The SMILES string of the molecule is C=C1CC[C@@H]2[C@H](NC)[C@H]([C@]3(C)Cc4cn[nH]c4C[C@@H]3CN3CCOCC3)CC[C@]12C. The Morgan fingerprint density at radius 3 is 2.83 bits per heavy atom. The molecule has 166 valence electrons. The second-order valence-corrected chi connectivity index (χ2v) is 11.0. The molecular formula is C25H40N4O. The van der Waals surface area contributed by atoms with Crippen molar-refractivity contribution in [3.63, 3.8) is 0 Å². The van der Waals surface area contributed by atoms with Crippen LogP contribution in [-0.2, 0) is 17.6 Å². The number of hydrogen-bond acceptors (Lipinski definition) is 4. The summed E-state index contributed by atoms with van der Waals surface area (Å²) in [5.41, 5.74) is 4.95. The Kier molecular flexibility index (Phi) is 5.35. The summed E-state index contributed by atoms with van der Waals surface area (Å²) in [7, 11) is 2.21. The number of ether oxygens (including phenoxy) is 1. The quantitative estimate of drug-likeness (QED) is 0.744. The smallest absolute Gasteiger partial charge is 0.0594 e. The molecule has 2 saturated carbocycles. The van der Waals surface area contributed by atoms with Crippen molar-refractivity contribution in [3.8, 4) is 0 Å². The lowest BCUT2D eigenvalue weighted by atomic mass is 9.51. The van der Waals surface area contributed by atoms with Crippen molar-refractivity contribution in [2.75, 3.05) is 39.9 Å². The molecule has 0 unspecified atom stereocenters. The zero-order chi connectivity index (χ0) is 20.9. The molecular weight excluding hydrogens is 372 g/mol. The molecule has 1 aliphatic heterocycles. The van der Waals surface area contributed by atoms with Crippen LogP contribution < -0.4 is 5.32 Å². The first-order valence-corrected chi connectivity index (χ1v) is 12.1. The highest BCUT2D eigenvalue weighted by molar-refractivity contribution is 5.27. The third-order valence-electron chi connectivity index (χ3n) is 9.75. The van der Waals surface area contributed by atoms with Crippen molar-refractivity contribution in [1.82, 2.24) is 20.4 Å². The van der Waals surface area contributed by atoms with Gasteiger partial charge in [-0.05, 0) is 79.7 Å². The van der Waals surface area contributed by atoms with E-state index in [1.165, 1.54) is 49.1 Å². The molecule has 2 N–H and O–H groups in total. The monoisotopic (exact) mass is 412 g/mol. The van der Waals surface area contributed by atoms with Crippen LogP contribution in [0.1, 0.15) is 50.8 Å². The molecule has 4 aliphatic rings. The van der Waals surface area contributed by atoms with Crippen molar-refractivity contribution < 1.29 is 4.74 Å². The molecule has 1 saturated heterocycles. The first-order valence-electron chi connectivity index (χ1n) is 12.1. The fourth-order valence-electron chi connectivity index (χ4n) is 7.70. The third kappa shape index (κ3) is 3.20. The minimum Gasteiger partial charge on any atom is -0.379 e. The van der Waals surface area contributed by atoms with Crippen LogP contribution in [0, 0.1) is 28.6 Å². The molecule has 3 aliphatic carbocycles. The molecule has 0 spiro atoms. The van der Waals surface area contributed by atoms with Gasteiger partial charge in [0.25, 0.3) is 0 Å². The summed E-state index contributed by atoms with van der Waals surface area (Å²) in [6, 6.07) is 0.577. The maximum absolute atomic E-state index is 5.63. The standard InChI is InChI=1S/C25H40N4O/c1-17-5-6-20-23(26-4)21(7-8-24(17,20)2)25(3)14-18-15-27-28-22(18)13-19(25)16-29-9-11-30-12-10-29/h15,19-21,23,26H,1,5-14,16H2,2-4H3,(H,27,28)/t19-,20-,21-,23+,24-,25-/m1/s1. The summed E-state index contributed by atoms with van der Waals surface area (Å²) in [5.74, 6) is 2.07. The fourth-order valence-corrected chi connectivity index (χ4v) is 7.70. The maximum Gasteiger partial charge on any atom is 0.0594 e. The molecule has 6 atom stereocenters. The molecule has 1 aromatic rings. The van der Waals surface area contributed by atoms with Gasteiger partial charge in [-0.15, -0.1) is 0 Å². The van der Waals surface area contributed by atoms with Gasteiger partial charge in [0.15, 0.2) is 0 Å². The Morgan fingerprint density at radius 2 is 2.07 bits per heavy atom. The molecule has 5 rings (SSSR count). The van der Waals surface area contributed by atoms with E-state index in [-0.39, 0.29) is 5.41 Å². The lowest BCUT2D eigenvalue weighted by Crippen LogP contribution is -2.58. The number of nitrogens with zero attached hydrogens (tertiary/aromatic N) is 2. The summed E-state index contributed by atoms with van der Waals surface area (Å²) >= 11 is 0. The second kappa shape index (κ2) is 7.75. The number of aromatic amines is 1. The first kappa shape index (κ1) is 20.7. The van der Waals surface area contributed by atoms with Gasteiger partial charge in [-0.25, -0.2) is 0 Å². The molecule has 0 radical (unpaired) electrons. The predicted octanol–water partition coefficient (Wildman–Crippen LogP) is 3.43. The number of rotatable bonds is 4. The fraction of sp³-hybridized carbons (Fsp3) is 0.800. The van der Waals surface area contributed by atoms with E-state index in [1.54, 1.807) is 0 Å². The lowest BCUT2D eigenvalue weighted by molar-refractivity contribution is -0.0412. The van der Waals surface area contributed by atoms with Crippen LogP contribution >= 0.6 is 0 Å². The normalized spacial score (nSPS) is 42.2. The van der Waals surface area contributed by atoms with Gasteiger partial charge < -0.3 is 10.1 Å². The minimum atomic E-state index is 0.286. The van der Waals surface area contributed by atoms with Crippen LogP contribution in [0.15, 0.2) is 18.3 Å². The van der Waals surface area contributed by atoms with E-state index in [9.17, 15) is 0 Å². The van der Waals surface area contributed by atoms with Gasteiger partial charge in [-0.1, -0.05) is 26.0 Å². The van der Waals surface area contributed by atoms with Crippen molar-refractivity contribution in [2.45, 2.75) is 58.4 Å². The van der Waals surface area contributed by atoms with Crippen molar-refractivity contribution in [1.29, 1.82) is 0 Å². The molecule has 5 nitrogen and oxygen atoms in total. The Bertz CT molecular complexity index is 784. The molecule has 3 fully saturated rings. The highest BCUT2D eigenvalue weighted by Crippen LogP contribution is 2.60. The maximum atomic E-state index is 5.63. The Balaban J connectivity index is 1.46. The summed E-state index contributed by atoms with van der Waals surface area (Å²) in [4.78, 5) is 2.65. The van der Waals surface area contributed by atoms with Gasteiger partial charge >= 0.3 is 0 Å². The van der Waals surface area contributed by atoms with Gasteiger partial charge in [0, 0.05) is 31.4 Å². The summed E-state index contributed by atoms with van der Waals surface area (Å²) < 4.78 is 5.63. The molecule has 5 heteroatoms. The van der Waals surface area contributed by atoms with Gasteiger partial charge in [0.05, 0.1) is 19.4 Å². The highest BCUT2D eigenvalue weighted by Gasteiger charge is 2.56. The molecule has 2 heterocycles. The third-order valence-corrected chi connectivity index (χ3v) is 9.75. The molecule has 0 bridgehead atoms. The number of allylic oxidation sites excluding steroid dienone is 1. The van der Waals surface area contributed by atoms with E-state index in [1.807, 2.05) is 0 Å². The van der Waals surface area contributed by atoms with E-state index in [0.717, 1.165) is 45.1 Å². The van der Waals surface area contributed by atoms with Gasteiger partial charge in [-0.2, -0.15) is 5.10 Å². The Labute approximate surface area is 182 Å². The molecule has 0 aromatic carbocycles. The zero-order valence-corrected chi connectivity index (χ0v) is 19.2. The van der Waals surface area contributed by atoms with Crippen LogP contribution in [0.5, 0.6) is 0 Å². The number of morpholine rings is 1. The minimum absolute atomic E-state index is 0.286. The van der Waals surface area contributed by atoms with E-state index in [4.69, 9.17) is 4.74 Å². The Morgan fingerprint density at radius 1 is 1.27 bits per heavy atom. The van der Waals surface area contributed by atoms with Crippen molar-refractivity contribution >= 4 is 0 Å². The summed E-state index contributed by atoms with van der Waals surface area (Å²) in [6.07, 6.45) is 9.51. The van der Waals surface area contributed by atoms with E-state index < -0.39 is 0 Å². The topological polar surface area (TPSA) is 53.2 Å². The van der Waals surface area contributed by atoms with Crippen LogP contribution in [-0.4, -0.2) is 61.0 Å². The van der Waals surface area contributed by atoms with E-state index >= 15 is 0 Å². The van der Waals surface area contributed by atoms with Gasteiger partial charge in [0.2, 0.25) is 0 Å². The zero-order valence-electron chi connectivity index (χ0n) is 19.2. The number of hydrogen-bond donors (Lipinski definition) is 2. The average molecular weight is 413 g/mol. The van der Waals surface area contributed by atoms with Crippen LogP contribution in [0.25, 0.3) is 0 Å². The largest absolute Gasteiger partial charge is 0.379 e. The molecule has 1 aromatic heterocycles. The average Bonchev–Trinajstić information content (AvgIpc) is 3.31. The number of nitrogens with one attached hydrogen (secondary N) is 2. The summed E-state index contributed by atoms with van der Waals surface area (Å²) in [6.45, 7) is 14.7. The van der Waals surface area contributed by atoms with E-state index in [2.05, 4.69) is 54.1 Å². The summed E-state index contributed by atoms with van der Waals surface area (Å²) in [5, 5.41) is 11.6. The number of fused-ring (bicyclic) bond motifs is 2. The van der Waals surface area contributed by atoms with Crippen molar-refractivity contribution in [3.05, 3.63) is 29.6 Å². The number of H-pyrrole nitrogens is 1. The second-order valence-electron chi connectivity index (χ2n) is 11.0. The van der Waals surface area contributed by atoms with Crippen LogP contribution in [0.3, 0.4) is 0 Å².